The summed E-state index contributed by atoms with van der Waals surface area (Å²) >= 11 is 6.49. The summed E-state index contributed by atoms with van der Waals surface area (Å²) in [5.74, 6) is 0.500. The molecule has 0 aliphatic carbocycles. The number of ether oxygens (including phenoxy) is 1. The largest absolute Gasteiger partial charge is 0.432 e. The van der Waals surface area contributed by atoms with Gasteiger partial charge in [0.2, 0.25) is 11.6 Å². The van der Waals surface area contributed by atoms with E-state index in [0.717, 1.165) is 4.47 Å². The van der Waals surface area contributed by atoms with Gasteiger partial charge in [0.05, 0.1) is 4.92 Å². The van der Waals surface area contributed by atoms with Crippen molar-refractivity contribution in [1.29, 1.82) is 0 Å². The second-order valence-corrected chi connectivity index (χ2v) is 5.58. The van der Waals surface area contributed by atoms with Crippen LogP contribution in [0.15, 0.2) is 39.4 Å². The highest BCUT2D eigenvalue weighted by molar-refractivity contribution is 9.10. The predicted octanol–water partition coefficient (Wildman–Crippen LogP) is 4.62. The number of halogens is 2. The summed E-state index contributed by atoms with van der Waals surface area (Å²) in [5.41, 5.74) is 0.558. The molecule has 0 saturated carbocycles. The standard InChI is InChI=1S/C12H8Br2N2O3/c1-7-4-9(14)5-10(16(17)18)12(7)19-11-3-2-8(13)6-15-11/h2-6H,1H3. The van der Waals surface area contributed by atoms with E-state index in [9.17, 15) is 10.1 Å². The zero-order chi connectivity index (χ0) is 14.0. The minimum absolute atomic E-state index is 0.100. The van der Waals surface area contributed by atoms with Gasteiger partial charge < -0.3 is 4.74 Å². The molecule has 0 amide bonds. The summed E-state index contributed by atoms with van der Waals surface area (Å²) in [5, 5.41) is 11.0. The van der Waals surface area contributed by atoms with Crippen LogP contribution in [0.5, 0.6) is 11.6 Å². The van der Waals surface area contributed by atoms with Crippen molar-refractivity contribution in [3.05, 3.63) is 55.1 Å². The Labute approximate surface area is 126 Å². The Kier molecular flexibility index (Phi) is 4.16. The maximum absolute atomic E-state index is 11.0. The minimum Gasteiger partial charge on any atom is -0.432 e. The third-order valence-electron chi connectivity index (χ3n) is 2.32. The van der Waals surface area contributed by atoms with Crippen LogP contribution in [0.4, 0.5) is 5.69 Å². The Morgan fingerprint density at radius 1 is 1.26 bits per heavy atom. The molecule has 7 heteroatoms. The number of nitrogens with zero attached hydrogens (tertiary/aromatic N) is 2. The van der Waals surface area contributed by atoms with Gasteiger partial charge in [0, 0.05) is 32.8 Å². The van der Waals surface area contributed by atoms with Gasteiger partial charge >= 0.3 is 5.69 Å². The van der Waals surface area contributed by atoms with Gasteiger partial charge in [-0.1, -0.05) is 15.9 Å². The number of nitro groups is 1. The van der Waals surface area contributed by atoms with Crippen LogP contribution in [0, 0.1) is 17.0 Å². The van der Waals surface area contributed by atoms with Gasteiger partial charge in [0.15, 0.2) is 0 Å². The number of hydrogen-bond donors (Lipinski definition) is 0. The van der Waals surface area contributed by atoms with Crippen LogP contribution in [-0.2, 0) is 0 Å². The first-order valence-electron chi connectivity index (χ1n) is 5.21. The van der Waals surface area contributed by atoms with Crippen molar-refractivity contribution in [2.75, 3.05) is 0 Å². The molecule has 0 aliphatic heterocycles. The number of pyridine rings is 1. The van der Waals surface area contributed by atoms with Crippen molar-refractivity contribution in [3.8, 4) is 11.6 Å². The third-order valence-corrected chi connectivity index (χ3v) is 3.25. The van der Waals surface area contributed by atoms with E-state index in [1.165, 1.54) is 6.07 Å². The van der Waals surface area contributed by atoms with Crippen LogP contribution in [0.1, 0.15) is 5.56 Å². The van der Waals surface area contributed by atoms with Gasteiger partial charge in [-0.3, -0.25) is 10.1 Å². The van der Waals surface area contributed by atoms with E-state index in [2.05, 4.69) is 36.8 Å². The average molecular weight is 388 g/mol. The van der Waals surface area contributed by atoms with Gasteiger partial charge in [-0.15, -0.1) is 0 Å². The summed E-state index contributed by atoms with van der Waals surface area (Å²) in [6.07, 6.45) is 1.56. The van der Waals surface area contributed by atoms with Crippen LogP contribution in [0.25, 0.3) is 0 Å². The van der Waals surface area contributed by atoms with Crippen molar-refractivity contribution in [2.45, 2.75) is 6.92 Å². The van der Waals surface area contributed by atoms with E-state index in [1.807, 2.05) is 0 Å². The molecule has 0 fully saturated rings. The molecule has 0 bridgehead atoms. The molecule has 5 nitrogen and oxygen atoms in total. The van der Waals surface area contributed by atoms with Crippen molar-refractivity contribution in [3.63, 3.8) is 0 Å². The molecule has 1 aromatic carbocycles. The number of aryl methyl sites for hydroxylation is 1. The molecule has 0 radical (unpaired) electrons. The Morgan fingerprint density at radius 3 is 2.58 bits per heavy atom. The number of aromatic nitrogens is 1. The number of benzene rings is 1. The molecule has 2 rings (SSSR count). The van der Waals surface area contributed by atoms with Crippen LogP contribution < -0.4 is 4.74 Å². The molecule has 0 atom stereocenters. The van der Waals surface area contributed by atoms with E-state index in [0.29, 0.717) is 15.9 Å². The maximum atomic E-state index is 11.0. The van der Waals surface area contributed by atoms with Crippen LogP contribution in [-0.4, -0.2) is 9.91 Å². The molecule has 0 spiro atoms. The van der Waals surface area contributed by atoms with E-state index < -0.39 is 4.92 Å². The highest BCUT2D eigenvalue weighted by atomic mass is 79.9. The molecule has 1 aromatic heterocycles. The van der Waals surface area contributed by atoms with E-state index in [4.69, 9.17) is 4.74 Å². The summed E-state index contributed by atoms with van der Waals surface area (Å²) in [6, 6.07) is 6.54. The molecule has 0 N–H and O–H groups in total. The van der Waals surface area contributed by atoms with Crippen LogP contribution >= 0.6 is 31.9 Å². The lowest BCUT2D eigenvalue weighted by Crippen LogP contribution is -1.97. The monoisotopic (exact) mass is 386 g/mol. The molecule has 0 saturated heterocycles. The van der Waals surface area contributed by atoms with Gasteiger partial charge in [-0.25, -0.2) is 4.98 Å². The fourth-order valence-electron chi connectivity index (χ4n) is 1.51. The molecule has 1 heterocycles. The van der Waals surface area contributed by atoms with Crippen molar-refractivity contribution < 1.29 is 9.66 Å². The Morgan fingerprint density at radius 2 is 2.00 bits per heavy atom. The van der Waals surface area contributed by atoms with Gasteiger partial charge in [0.1, 0.15) is 0 Å². The quantitative estimate of drug-likeness (QED) is 0.569. The fraction of sp³-hybridized carbons (Fsp3) is 0.0833. The van der Waals surface area contributed by atoms with Crippen molar-refractivity contribution in [1.82, 2.24) is 4.98 Å². The molecular weight excluding hydrogens is 380 g/mol. The SMILES string of the molecule is Cc1cc(Br)cc([N+](=O)[O-])c1Oc1ccc(Br)cn1. The van der Waals surface area contributed by atoms with Crippen molar-refractivity contribution >= 4 is 37.5 Å². The van der Waals surface area contributed by atoms with E-state index in [-0.39, 0.29) is 11.4 Å². The lowest BCUT2D eigenvalue weighted by Gasteiger charge is -2.08. The van der Waals surface area contributed by atoms with Crippen LogP contribution in [0.2, 0.25) is 0 Å². The summed E-state index contributed by atoms with van der Waals surface area (Å²) in [7, 11) is 0. The Bertz CT molecular complexity index is 630. The molecule has 2 aromatic rings. The lowest BCUT2D eigenvalue weighted by molar-refractivity contribution is -0.385. The van der Waals surface area contributed by atoms with Gasteiger partial charge in [0.25, 0.3) is 0 Å². The fourth-order valence-corrected chi connectivity index (χ4v) is 2.30. The Balaban J connectivity index is 2.44. The summed E-state index contributed by atoms with van der Waals surface area (Å²) in [4.78, 5) is 14.6. The second kappa shape index (κ2) is 5.66. The minimum atomic E-state index is -0.480. The maximum Gasteiger partial charge on any atom is 0.313 e. The topological polar surface area (TPSA) is 65.3 Å². The van der Waals surface area contributed by atoms with Crippen LogP contribution in [0.3, 0.4) is 0 Å². The van der Waals surface area contributed by atoms with Gasteiger partial charge in [-0.05, 0) is 35.0 Å². The van der Waals surface area contributed by atoms with Gasteiger partial charge in [-0.2, -0.15) is 0 Å². The smallest absolute Gasteiger partial charge is 0.313 e. The zero-order valence-corrected chi connectivity index (χ0v) is 12.9. The van der Waals surface area contributed by atoms with Crippen molar-refractivity contribution in [2.24, 2.45) is 0 Å². The first-order valence-corrected chi connectivity index (χ1v) is 6.80. The molecular formula is C12H8Br2N2O3. The zero-order valence-electron chi connectivity index (χ0n) is 9.76. The van der Waals surface area contributed by atoms with E-state index in [1.54, 1.807) is 31.3 Å². The lowest BCUT2D eigenvalue weighted by atomic mass is 10.2. The summed E-state index contributed by atoms with van der Waals surface area (Å²) < 4.78 is 6.96. The first kappa shape index (κ1) is 14.0. The highest BCUT2D eigenvalue weighted by Crippen LogP contribution is 2.36. The molecule has 98 valence electrons. The van der Waals surface area contributed by atoms with E-state index >= 15 is 0 Å². The molecule has 19 heavy (non-hydrogen) atoms. The number of nitro benzene ring substituents is 1. The number of rotatable bonds is 3. The number of hydrogen-bond acceptors (Lipinski definition) is 4. The predicted molar refractivity (Wildman–Crippen MR) is 77.5 cm³/mol. The first-order chi connectivity index (χ1) is 8.97. The summed E-state index contributed by atoms with van der Waals surface area (Å²) in [6.45, 7) is 1.74. The third kappa shape index (κ3) is 3.30. The second-order valence-electron chi connectivity index (χ2n) is 3.74. The molecule has 0 aliphatic rings. The molecule has 0 unspecified atom stereocenters. The Hall–Kier alpha value is -1.47. The highest BCUT2D eigenvalue weighted by Gasteiger charge is 2.20. The normalized spacial score (nSPS) is 10.3. The average Bonchev–Trinajstić information content (AvgIpc) is 2.34.